The summed E-state index contributed by atoms with van der Waals surface area (Å²) in [4.78, 5) is 19.3. The van der Waals surface area contributed by atoms with Crippen LogP contribution in [0.2, 0.25) is 0 Å². The number of aryl methyl sites for hydroxylation is 1. The minimum Gasteiger partial charge on any atom is -0.463 e. The molecule has 2 aromatic rings. The van der Waals surface area contributed by atoms with Crippen LogP contribution in [0.3, 0.4) is 0 Å². The molecular weight excluding hydrogens is 300 g/mol. The van der Waals surface area contributed by atoms with Gasteiger partial charge in [-0.3, -0.25) is 4.79 Å². The first kappa shape index (κ1) is 15.2. The molecule has 0 unspecified atom stereocenters. The van der Waals surface area contributed by atoms with Gasteiger partial charge in [0, 0.05) is 25.2 Å². The molecule has 1 fully saturated rings. The Bertz CT molecular complexity index is 636. The summed E-state index contributed by atoms with van der Waals surface area (Å²) < 4.78 is 10.7. The molecule has 1 saturated heterocycles. The highest BCUT2D eigenvalue weighted by atomic mass is 32.1. The van der Waals surface area contributed by atoms with Gasteiger partial charge in [-0.2, -0.15) is 0 Å². The number of furan rings is 1. The second-order valence-corrected chi connectivity index (χ2v) is 6.42. The number of amides is 1. The number of aromatic nitrogens is 1. The van der Waals surface area contributed by atoms with Gasteiger partial charge in [0.2, 0.25) is 0 Å². The Morgan fingerprint density at radius 2 is 2.41 bits per heavy atom. The molecule has 0 aromatic carbocycles. The molecule has 118 valence electrons. The number of piperidine rings is 1. The molecule has 0 saturated carbocycles. The maximum Gasteiger partial charge on any atom is 0.257 e. The van der Waals surface area contributed by atoms with Crippen molar-refractivity contribution in [2.45, 2.75) is 38.8 Å². The second-order valence-electron chi connectivity index (χ2n) is 5.50. The van der Waals surface area contributed by atoms with E-state index in [1.165, 1.54) is 0 Å². The fourth-order valence-electron chi connectivity index (χ4n) is 2.95. The fourth-order valence-corrected chi connectivity index (χ4v) is 3.74. The van der Waals surface area contributed by atoms with Gasteiger partial charge in [0.05, 0.1) is 11.6 Å². The smallest absolute Gasteiger partial charge is 0.257 e. The molecule has 0 bridgehead atoms. The minimum absolute atomic E-state index is 0.0310. The Morgan fingerprint density at radius 3 is 3.14 bits per heavy atom. The zero-order valence-electron chi connectivity index (χ0n) is 12.9. The van der Waals surface area contributed by atoms with Crippen molar-refractivity contribution in [2.75, 3.05) is 13.7 Å². The van der Waals surface area contributed by atoms with E-state index in [2.05, 4.69) is 4.98 Å². The van der Waals surface area contributed by atoms with E-state index in [-0.39, 0.29) is 11.9 Å². The van der Waals surface area contributed by atoms with Crippen LogP contribution in [0, 0.1) is 6.92 Å². The molecule has 0 aliphatic carbocycles. The Balaban J connectivity index is 1.86. The largest absolute Gasteiger partial charge is 0.463 e. The number of methoxy groups -OCH3 is 1. The fraction of sp³-hybridized carbons (Fsp3) is 0.500. The van der Waals surface area contributed by atoms with Crippen LogP contribution in [0.15, 0.2) is 22.1 Å². The van der Waals surface area contributed by atoms with Crippen molar-refractivity contribution in [2.24, 2.45) is 0 Å². The van der Waals surface area contributed by atoms with Crippen molar-refractivity contribution < 1.29 is 13.9 Å². The lowest BCUT2D eigenvalue weighted by molar-refractivity contribution is 0.0609. The summed E-state index contributed by atoms with van der Waals surface area (Å²) in [7, 11) is 1.61. The van der Waals surface area contributed by atoms with Crippen LogP contribution in [0.5, 0.6) is 0 Å². The monoisotopic (exact) mass is 320 g/mol. The maximum atomic E-state index is 12.9. The third kappa shape index (κ3) is 2.94. The normalized spacial score (nSPS) is 18.6. The highest BCUT2D eigenvalue weighted by Crippen LogP contribution is 2.33. The second kappa shape index (κ2) is 6.62. The van der Waals surface area contributed by atoms with Gasteiger partial charge in [-0.05, 0) is 32.3 Å². The Hall–Kier alpha value is -1.66. The topological polar surface area (TPSA) is 55.6 Å². The Labute approximate surface area is 133 Å². The Kier molecular flexibility index (Phi) is 4.59. The molecule has 3 rings (SSSR count). The van der Waals surface area contributed by atoms with Crippen molar-refractivity contribution in [3.63, 3.8) is 0 Å². The van der Waals surface area contributed by atoms with Crippen LogP contribution >= 0.6 is 11.3 Å². The van der Waals surface area contributed by atoms with Crippen LogP contribution in [-0.2, 0) is 11.3 Å². The van der Waals surface area contributed by atoms with Gasteiger partial charge >= 0.3 is 0 Å². The first-order chi connectivity index (χ1) is 10.7. The molecule has 0 radical (unpaired) electrons. The number of nitrogens with zero attached hydrogens (tertiary/aromatic N) is 2. The van der Waals surface area contributed by atoms with E-state index in [0.29, 0.717) is 23.7 Å². The number of carbonyl (C=O) groups is 1. The third-order valence-corrected chi connectivity index (χ3v) is 4.86. The number of thiazole rings is 1. The number of rotatable bonds is 4. The SMILES string of the molecule is COCc1cc(C(=O)N2CCCC[C@H]2c2nccs2)c(C)o1. The van der Waals surface area contributed by atoms with E-state index < -0.39 is 0 Å². The zero-order valence-corrected chi connectivity index (χ0v) is 13.7. The summed E-state index contributed by atoms with van der Waals surface area (Å²) in [6, 6.07) is 1.88. The molecule has 5 nitrogen and oxygen atoms in total. The minimum atomic E-state index is 0.0310. The van der Waals surface area contributed by atoms with E-state index in [1.54, 1.807) is 30.7 Å². The van der Waals surface area contributed by atoms with E-state index in [0.717, 1.165) is 30.8 Å². The van der Waals surface area contributed by atoms with E-state index >= 15 is 0 Å². The van der Waals surface area contributed by atoms with Gasteiger partial charge in [-0.25, -0.2) is 4.98 Å². The summed E-state index contributed by atoms with van der Waals surface area (Å²) in [5.41, 5.74) is 0.635. The predicted octanol–water partition coefficient (Wildman–Crippen LogP) is 3.56. The van der Waals surface area contributed by atoms with Crippen LogP contribution < -0.4 is 0 Å². The predicted molar refractivity (Wildman–Crippen MR) is 83.9 cm³/mol. The van der Waals surface area contributed by atoms with Crippen LogP contribution in [0.25, 0.3) is 0 Å². The summed E-state index contributed by atoms with van der Waals surface area (Å²) in [5.74, 6) is 1.37. The van der Waals surface area contributed by atoms with Crippen LogP contribution in [0.4, 0.5) is 0 Å². The molecule has 22 heavy (non-hydrogen) atoms. The first-order valence-electron chi connectivity index (χ1n) is 7.49. The molecule has 1 atom stereocenters. The summed E-state index contributed by atoms with van der Waals surface area (Å²) in [6.07, 6.45) is 4.95. The van der Waals surface area contributed by atoms with Gasteiger partial charge < -0.3 is 14.1 Å². The van der Waals surface area contributed by atoms with Crippen molar-refractivity contribution in [3.8, 4) is 0 Å². The number of likely N-dealkylation sites (tertiary alicyclic amines) is 1. The van der Waals surface area contributed by atoms with Crippen molar-refractivity contribution in [1.29, 1.82) is 0 Å². The molecule has 3 heterocycles. The standard InChI is InChI=1S/C16H20N2O3S/c1-11-13(9-12(21-11)10-20-2)16(19)18-7-4-3-5-14(18)15-17-6-8-22-15/h6,8-9,14H,3-5,7,10H2,1-2H3/t14-/m0/s1. The zero-order chi connectivity index (χ0) is 15.5. The van der Waals surface area contributed by atoms with Gasteiger partial charge in [0.1, 0.15) is 23.1 Å². The average Bonchev–Trinajstić information content (AvgIpc) is 3.17. The molecule has 0 N–H and O–H groups in total. The lowest BCUT2D eigenvalue weighted by atomic mass is 10.0. The lowest BCUT2D eigenvalue weighted by Crippen LogP contribution is -2.38. The van der Waals surface area contributed by atoms with E-state index in [4.69, 9.17) is 9.15 Å². The van der Waals surface area contributed by atoms with Crippen molar-refractivity contribution >= 4 is 17.2 Å². The van der Waals surface area contributed by atoms with E-state index in [9.17, 15) is 4.79 Å². The number of hydrogen-bond donors (Lipinski definition) is 0. The molecule has 1 aliphatic rings. The third-order valence-electron chi connectivity index (χ3n) is 3.99. The summed E-state index contributed by atoms with van der Waals surface area (Å²) in [6.45, 7) is 2.98. The van der Waals surface area contributed by atoms with E-state index in [1.807, 2.05) is 17.2 Å². The molecule has 6 heteroatoms. The lowest BCUT2D eigenvalue weighted by Gasteiger charge is -2.34. The first-order valence-corrected chi connectivity index (χ1v) is 8.37. The van der Waals surface area contributed by atoms with Gasteiger partial charge in [0.25, 0.3) is 5.91 Å². The number of hydrogen-bond acceptors (Lipinski definition) is 5. The molecular formula is C16H20N2O3S. The summed E-state index contributed by atoms with van der Waals surface area (Å²) in [5, 5.41) is 2.98. The molecule has 0 spiro atoms. The average molecular weight is 320 g/mol. The van der Waals surface area contributed by atoms with Crippen LogP contribution in [0.1, 0.15) is 52.2 Å². The Morgan fingerprint density at radius 1 is 1.55 bits per heavy atom. The maximum absolute atomic E-state index is 12.9. The molecule has 2 aromatic heterocycles. The van der Waals surface area contributed by atoms with Crippen molar-refractivity contribution in [3.05, 3.63) is 39.7 Å². The van der Waals surface area contributed by atoms with Crippen molar-refractivity contribution in [1.82, 2.24) is 9.88 Å². The number of carbonyl (C=O) groups excluding carboxylic acids is 1. The molecule has 1 aliphatic heterocycles. The highest BCUT2D eigenvalue weighted by Gasteiger charge is 2.31. The quantitative estimate of drug-likeness (QED) is 0.864. The van der Waals surface area contributed by atoms with Gasteiger partial charge in [-0.1, -0.05) is 0 Å². The summed E-state index contributed by atoms with van der Waals surface area (Å²) >= 11 is 1.61. The molecule has 1 amide bonds. The number of ether oxygens (including phenoxy) is 1. The highest BCUT2D eigenvalue weighted by molar-refractivity contribution is 7.09. The van der Waals surface area contributed by atoms with Gasteiger partial charge in [0.15, 0.2) is 0 Å². The van der Waals surface area contributed by atoms with Crippen LogP contribution in [-0.4, -0.2) is 29.4 Å². The van der Waals surface area contributed by atoms with Gasteiger partial charge in [-0.15, -0.1) is 11.3 Å².